The maximum atomic E-state index is 12.6. The van der Waals surface area contributed by atoms with Crippen LogP contribution in [0.5, 0.6) is 0 Å². The molecule has 0 aromatic heterocycles. The first kappa shape index (κ1) is 16.8. The van der Waals surface area contributed by atoms with Crippen molar-refractivity contribution < 1.29 is 4.79 Å². The van der Waals surface area contributed by atoms with E-state index in [9.17, 15) is 4.79 Å². The lowest BCUT2D eigenvalue weighted by Crippen LogP contribution is -2.43. The van der Waals surface area contributed by atoms with Crippen molar-refractivity contribution >= 4 is 5.91 Å². The maximum Gasteiger partial charge on any atom is 0.241 e. The van der Waals surface area contributed by atoms with E-state index in [1.54, 1.807) is 0 Å². The summed E-state index contributed by atoms with van der Waals surface area (Å²) >= 11 is 0. The van der Waals surface area contributed by atoms with Crippen LogP contribution in [0, 0.1) is 5.92 Å². The Labute approximate surface area is 130 Å². The van der Waals surface area contributed by atoms with Gasteiger partial charge in [-0.3, -0.25) is 15.0 Å². The normalized spacial score (nSPS) is 26.4. The van der Waals surface area contributed by atoms with Crippen LogP contribution in [0.2, 0.25) is 0 Å². The van der Waals surface area contributed by atoms with Crippen LogP contribution < -0.4 is 5.32 Å². The van der Waals surface area contributed by atoms with Gasteiger partial charge in [-0.1, -0.05) is 34.1 Å². The van der Waals surface area contributed by atoms with Gasteiger partial charge in [0.15, 0.2) is 0 Å². The third-order valence-corrected chi connectivity index (χ3v) is 4.72. The molecule has 21 heavy (non-hydrogen) atoms. The van der Waals surface area contributed by atoms with Crippen LogP contribution in [0.25, 0.3) is 0 Å². The summed E-state index contributed by atoms with van der Waals surface area (Å²) in [7, 11) is 0. The number of likely N-dealkylation sites (N-methyl/N-ethyl adjacent to an activating group) is 1. The first-order valence-corrected chi connectivity index (χ1v) is 8.87. The standard InChI is InChI=1S/C17H33N3O/c1-5-7-15-17(21)20(16(18-15)12-13(3)4)11-10-19(6-2)14-8-9-14/h13-16,18H,5-12H2,1-4H3. The lowest BCUT2D eigenvalue weighted by molar-refractivity contribution is -0.130. The van der Waals surface area contributed by atoms with E-state index in [2.05, 4.69) is 42.8 Å². The summed E-state index contributed by atoms with van der Waals surface area (Å²) < 4.78 is 0. The van der Waals surface area contributed by atoms with Crippen molar-refractivity contribution in [1.29, 1.82) is 0 Å². The Kier molecular flexibility index (Phi) is 6.06. The monoisotopic (exact) mass is 295 g/mol. The molecule has 1 heterocycles. The molecule has 1 aliphatic carbocycles. The second-order valence-corrected chi connectivity index (χ2v) is 7.04. The average Bonchev–Trinajstić information content (AvgIpc) is 3.22. The van der Waals surface area contributed by atoms with Crippen LogP contribution in [0.4, 0.5) is 0 Å². The van der Waals surface area contributed by atoms with Crippen molar-refractivity contribution in [2.45, 2.75) is 78.0 Å². The highest BCUT2D eigenvalue weighted by Gasteiger charge is 2.38. The quantitative estimate of drug-likeness (QED) is 0.710. The zero-order valence-corrected chi connectivity index (χ0v) is 14.3. The number of rotatable bonds is 9. The Morgan fingerprint density at radius 1 is 1.33 bits per heavy atom. The van der Waals surface area contributed by atoms with Gasteiger partial charge in [0.2, 0.25) is 5.91 Å². The minimum Gasteiger partial charge on any atom is -0.325 e. The van der Waals surface area contributed by atoms with Crippen LogP contribution in [-0.4, -0.2) is 53.6 Å². The van der Waals surface area contributed by atoms with Crippen molar-refractivity contribution in [2.24, 2.45) is 5.92 Å². The Morgan fingerprint density at radius 3 is 2.57 bits per heavy atom. The molecule has 1 saturated heterocycles. The van der Waals surface area contributed by atoms with Crippen molar-refractivity contribution in [1.82, 2.24) is 15.1 Å². The van der Waals surface area contributed by atoms with Crippen molar-refractivity contribution in [3.05, 3.63) is 0 Å². The third-order valence-electron chi connectivity index (χ3n) is 4.72. The van der Waals surface area contributed by atoms with Gasteiger partial charge in [-0.25, -0.2) is 0 Å². The van der Waals surface area contributed by atoms with E-state index in [-0.39, 0.29) is 12.2 Å². The maximum absolute atomic E-state index is 12.6. The van der Waals surface area contributed by atoms with E-state index in [1.165, 1.54) is 12.8 Å². The molecule has 2 atom stereocenters. The summed E-state index contributed by atoms with van der Waals surface area (Å²) in [6.07, 6.45) is 6.01. The molecule has 0 aromatic carbocycles. The number of nitrogens with one attached hydrogen (secondary N) is 1. The van der Waals surface area contributed by atoms with E-state index in [0.29, 0.717) is 11.8 Å². The minimum atomic E-state index is 0.0507. The first-order valence-electron chi connectivity index (χ1n) is 8.87. The summed E-state index contributed by atoms with van der Waals surface area (Å²) in [6, 6.07) is 0.838. The van der Waals surface area contributed by atoms with Gasteiger partial charge in [0.25, 0.3) is 0 Å². The summed E-state index contributed by atoms with van der Waals surface area (Å²) in [4.78, 5) is 17.3. The molecule has 1 N–H and O–H groups in total. The van der Waals surface area contributed by atoms with Gasteiger partial charge >= 0.3 is 0 Å². The van der Waals surface area contributed by atoms with E-state index in [0.717, 1.165) is 44.9 Å². The molecule has 2 rings (SSSR count). The summed E-state index contributed by atoms with van der Waals surface area (Å²) in [5.41, 5.74) is 0. The number of hydrogen-bond acceptors (Lipinski definition) is 3. The molecule has 1 amide bonds. The van der Waals surface area contributed by atoms with E-state index < -0.39 is 0 Å². The van der Waals surface area contributed by atoms with Gasteiger partial charge in [-0.15, -0.1) is 0 Å². The predicted octanol–water partition coefficient (Wildman–Crippen LogP) is 2.44. The molecule has 2 aliphatic rings. The van der Waals surface area contributed by atoms with Gasteiger partial charge in [0, 0.05) is 19.1 Å². The molecule has 2 fully saturated rings. The number of carbonyl (C=O) groups is 1. The summed E-state index contributed by atoms with van der Waals surface area (Å²) in [5.74, 6) is 0.943. The largest absolute Gasteiger partial charge is 0.325 e. The molecular weight excluding hydrogens is 262 g/mol. The lowest BCUT2D eigenvalue weighted by Gasteiger charge is -2.29. The molecule has 0 aromatic rings. The average molecular weight is 295 g/mol. The molecule has 0 bridgehead atoms. The number of carbonyl (C=O) groups excluding carboxylic acids is 1. The summed E-state index contributed by atoms with van der Waals surface area (Å²) in [5, 5.41) is 3.57. The molecule has 2 unspecified atom stereocenters. The van der Waals surface area contributed by atoms with Gasteiger partial charge in [-0.05, 0) is 38.1 Å². The van der Waals surface area contributed by atoms with Crippen LogP contribution in [-0.2, 0) is 4.79 Å². The highest BCUT2D eigenvalue weighted by molar-refractivity contribution is 5.84. The lowest BCUT2D eigenvalue weighted by atomic mass is 10.1. The molecule has 0 radical (unpaired) electrons. The zero-order chi connectivity index (χ0) is 15.4. The zero-order valence-electron chi connectivity index (χ0n) is 14.3. The molecule has 1 saturated carbocycles. The molecular formula is C17H33N3O. The fraction of sp³-hybridized carbons (Fsp3) is 0.941. The van der Waals surface area contributed by atoms with Crippen molar-refractivity contribution in [3.63, 3.8) is 0 Å². The molecule has 4 heteroatoms. The predicted molar refractivity (Wildman–Crippen MR) is 87.1 cm³/mol. The van der Waals surface area contributed by atoms with E-state index >= 15 is 0 Å². The molecule has 122 valence electrons. The second-order valence-electron chi connectivity index (χ2n) is 7.04. The Morgan fingerprint density at radius 2 is 2.05 bits per heavy atom. The highest BCUT2D eigenvalue weighted by atomic mass is 16.2. The van der Waals surface area contributed by atoms with E-state index in [1.807, 2.05) is 0 Å². The summed E-state index contributed by atoms with van der Waals surface area (Å²) in [6.45, 7) is 11.9. The van der Waals surface area contributed by atoms with Crippen LogP contribution in [0.1, 0.15) is 59.8 Å². The van der Waals surface area contributed by atoms with Crippen LogP contribution >= 0.6 is 0 Å². The number of amides is 1. The van der Waals surface area contributed by atoms with Gasteiger partial charge in [-0.2, -0.15) is 0 Å². The minimum absolute atomic E-state index is 0.0507. The van der Waals surface area contributed by atoms with Crippen molar-refractivity contribution in [2.75, 3.05) is 19.6 Å². The van der Waals surface area contributed by atoms with Crippen LogP contribution in [0.15, 0.2) is 0 Å². The fourth-order valence-corrected chi connectivity index (χ4v) is 3.43. The van der Waals surface area contributed by atoms with Gasteiger partial charge in [0.05, 0.1) is 12.2 Å². The Hall–Kier alpha value is -0.610. The molecule has 0 spiro atoms. The molecule has 4 nitrogen and oxygen atoms in total. The Balaban J connectivity index is 1.93. The SMILES string of the molecule is CCCC1NC(CC(C)C)N(CCN(CC)C2CC2)C1=O. The second kappa shape index (κ2) is 7.59. The van der Waals surface area contributed by atoms with E-state index in [4.69, 9.17) is 0 Å². The Bertz CT molecular complexity index is 341. The number of hydrogen-bond donors (Lipinski definition) is 1. The topological polar surface area (TPSA) is 35.6 Å². The highest BCUT2D eigenvalue weighted by Crippen LogP contribution is 2.27. The van der Waals surface area contributed by atoms with Crippen molar-refractivity contribution in [3.8, 4) is 0 Å². The number of nitrogens with zero attached hydrogens (tertiary/aromatic N) is 2. The van der Waals surface area contributed by atoms with Gasteiger partial charge < -0.3 is 4.90 Å². The molecule has 1 aliphatic heterocycles. The smallest absolute Gasteiger partial charge is 0.241 e. The van der Waals surface area contributed by atoms with Crippen LogP contribution in [0.3, 0.4) is 0 Å². The fourth-order valence-electron chi connectivity index (χ4n) is 3.43. The van der Waals surface area contributed by atoms with Gasteiger partial charge in [0.1, 0.15) is 0 Å². The first-order chi connectivity index (χ1) is 10.1. The third kappa shape index (κ3) is 4.43.